The third-order valence-corrected chi connectivity index (χ3v) is 22.9. The molecular weight excluding hydrogens is 455 g/mol. The zero-order valence-corrected chi connectivity index (χ0v) is 22.4. The topological polar surface area (TPSA) is 9.23 Å². The van der Waals surface area contributed by atoms with Gasteiger partial charge >= 0.3 is 179 Å². The van der Waals surface area contributed by atoms with E-state index >= 15 is 0 Å². The Labute approximate surface area is 178 Å². The molecular formula is C24H44OSSn. The molecule has 0 heterocycles. The van der Waals surface area contributed by atoms with Gasteiger partial charge in [0.2, 0.25) is 0 Å². The van der Waals surface area contributed by atoms with E-state index in [0.29, 0.717) is 6.10 Å². The predicted octanol–water partition coefficient (Wildman–Crippen LogP) is 7.65. The molecule has 0 saturated carbocycles. The first kappa shape index (κ1) is 25.4. The van der Waals surface area contributed by atoms with E-state index in [9.17, 15) is 0 Å². The third kappa shape index (κ3) is 9.58. The number of thioether (sulfide) groups is 1. The van der Waals surface area contributed by atoms with E-state index in [2.05, 4.69) is 70.6 Å². The maximum atomic E-state index is 5.74. The van der Waals surface area contributed by atoms with Crippen LogP contribution in [0.15, 0.2) is 29.2 Å². The Morgan fingerprint density at radius 2 is 1.41 bits per heavy atom. The molecule has 156 valence electrons. The summed E-state index contributed by atoms with van der Waals surface area (Å²) in [7, 11) is 0. The summed E-state index contributed by atoms with van der Waals surface area (Å²) in [5.41, 5.74) is 0. The molecule has 0 N–H and O–H groups in total. The molecule has 27 heavy (non-hydrogen) atoms. The molecule has 0 aromatic heterocycles. The molecule has 0 amide bonds. The van der Waals surface area contributed by atoms with Crippen LogP contribution in [0.25, 0.3) is 0 Å². The molecule has 0 radical (unpaired) electrons. The summed E-state index contributed by atoms with van der Waals surface area (Å²) in [5.74, 6) is 1.18. The number of hydrogen-bond donors (Lipinski definition) is 0. The van der Waals surface area contributed by atoms with Crippen LogP contribution in [0.2, 0.25) is 13.3 Å². The van der Waals surface area contributed by atoms with Crippen LogP contribution in [-0.4, -0.2) is 36.8 Å². The SMILES string of the molecule is CCC[CH2][Sn]([CH2]CCC)([CH2]CCC)[c]1ccccc1SCCCOC(C)C. The summed E-state index contributed by atoms with van der Waals surface area (Å²) in [5, 5.41) is 0. The van der Waals surface area contributed by atoms with Gasteiger partial charge in [-0.25, -0.2) is 0 Å². The second-order valence-electron chi connectivity index (χ2n) is 8.21. The number of rotatable bonds is 16. The quantitative estimate of drug-likeness (QED) is 0.131. The molecule has 1 nitrogen and oxygen atoms in total. The molecule has 0 fully saturated rings. The van der Waals surface area contributed by atoms with Gasteiger partial charge in [0.25, 0.3) is 0 Å². The summed E-state index contributed by atoms with van der Waals surface area (Å²) in [6.45, 7) is 12.2. The first-order chi connectivity index (χ1) is 13.1. The summed E-state index contributed by atoms with van der Waals surface area (Å²) in [6, 6.07) is 9.52. The van der Waals surface area contributed by atoms with Crippen molar-refractivity contribution < 1.29 is 4.74 Å². The number of unbranched alkanes of at least 4 members (excludes halogenated alkanes) is 3. The zero-order valence-electron chi connectivity index (χ0n) is 18.7. The first-order valence-corrected chi connectivity index (χ1v) is 19.9. The standard InChI is InChI=1S/C12H17OS.3C4H9.Sn/c1-11(2)13-9-6-10-14-12-7-4-3-5-8-12;3*1-3-4-2;/h3-5,7,11H,6,9-10H2,1-2H3;3*1,3-4H2,2H3;. The fourth-order valence-corrected chi connectivity index (χ4v) is 23.1. The molecule has 1 rings (SSSR count). The van der Waals surface area contributed by atoms with Crippen LogP contribution < -0.4 is 3.58 Å². The Kier molecular flexibility index (Phi) is 14.3. The van der Waals surface area contributed by atoms with E-state index in [0.717, 1.165) is 13.0 Å². The fraction of sp³-hybridized carbons (Fsp3) is 0.750. The minimum absolute atomic E-state index is 0.350. The molecule has 0 unspecified atom stereocenters. The van der Waals surface area contributed by atoms with E-state index in [4.69, 9.17) is 4.74 Å². The Morgan fingerprint density at radius 1 is 0.852 bits per heavy atom. The van der Waals surface area contributed by atoms with Crippen molar-refractivity contribution in [3.05, 3.63) is 24.3 Å². The number of benzene rings is 1. The van der Waals surface area contributed by atoms with Crippen molar-refractivity contribution >= 4 is 33.7 Å². The summed E-state index contributed by atoms with van der Waals surface area (Å²) in [4.78, 5) is 1.61. The minimum atomic E-state index is -2.34. The number of hydrogen-bond acceptors (Lipinski definition) is 2. The summed E-state index contributed by atoms with van der Waals surface area (Å²) in [6.07, 6.45) is 9.85. The molecule has 0 aliphatic rings. The van der Waals surface area contributed by atoms with Crippen molar-refractivity contribution in [3.8, 4) is 0 Å². The van der Waals surface area contributed by atoms with Crippen LogP contribution in [-0.2, 0) is 4.74 Å². The second kappa shape index (κ2) is 15.2. The maximum absolute atomic E-state index is 5.74. The van der Waals surface area contributed by atoms with Gasteiger partial charge in [0.05, 0.1) is 0 Å². The van der Waals surface area contributed by atoms with Gasteiger partial charge in [0.15, 0.2) is 0 Å². The van der Waals surface area contributed by atoms with E-state index in [1.54, 1.807) is 18.2 Å². The van der Waals surface area contributed by atoms with Crippen molar-refractivity contribution in [2.75, 3.05) is 12.4 Å². The van der Waals surface area contributed by atoms with Crippen molar-refractivity contribution in [1.29, 1.82) is 0 Å². The molecule has 0 atom stereocenters. The fourth-order valence-electron chi connectivity index (χ4n) is 3.92. The van der Waals surface area contributed by atoms with Gasteiger partial charge in [-0.05, 0) is 0 Å². The van der Waals surface area contributed by atoms with E-state index in [1.165, 1.54) is 44.3 Å². The van der Waals surface area contributed by atoms with E-state index in [1.807, 2.05) is 3.58 Å². The van der Waals surface area contributed by atoms with Gasteiger partial charge in [-0.1, -0.05) is 0 Å². The molecule has 1 aromatic rings. The Bertz CT molecular complexity index is 467. The normalized spacial score (nSPS) is 12.1. The van der Waals surface area contributed by atoms with Gasteiger partial charge in [0, 0.05) is 0 Å². The first-order valence-electron chi connectivity index (χ1n) is 11.4. The Hall–Kier alpha value is 0.329. The van der Waals surface area contributed by atoms with Crippen LogP contribution in [0.1, 0.15) is 79.6 Å². The molecule has 0 saturated heterocycles. The van der Waals surface area contributed by atoms with Crippen molar-refractivity contribution in [3.63, 3.8) is 0 Å². The second-order valence-corrected chi connectivity index (χ2v) is 22.5. The third-order valence-electron chi connectivity index (χ3n) is 5.48. The number of ether oxygens (including phenoxy) is 1. The van der Waals surface area contributed by atoms with E-state index in [-0.39, 0.29) is 0 Å². The predicted molar refractivity (Wildman–Crippen MR) is 127 cm³/mol. The molecule has 0 spiro atoms. The van der Waals surface area contributed by atoms with Crippen molar-refractivity contribution in [2.45, 2.75) is 104 Å². The van der Waals surface area contributed by atoms with Gasteiger partial charge < -0.3 is 0 Å². The average molecular weight is 499 g/mol. The Morgan fingerprint density at radius 3 is 1.93 bits per heavy atom. The van der Waals surface area contributed by atoms with Gasteiger partial charge in [-0.15, -0.1) is 0 Å². The summed E-state index contributed by atoms with van der Waals surface area (Å²) >= 11 is -0.237. The van der Waals surface area contributed by atoms with Crippen LogP contribution >= 0.6 is 11.8 Å². The summed E-state index contributed by atoms with van der Waals surface area (Å²) < 4.78 is 12.2. The van der Waals surface area contributed by atoms with E-state index < -0.39 is 18.4 Å². The molecule has 0 aliphatic heterocycles. The molecule has 0 aliphatic carbocycles. The molecule has 0 bridgehead atoms. The molecule has 1 aromatic carbocycles. The average Bonchev–Trinajstić information content (AvgIpc) is 2.68. The van der Waals surface area contributed by atoms with Crippen LogP contribution in [0, 0.1) is 0 Å². The van der Waals surface area contributed by atoms with Crippen LogP contribution in [0.4, 0.5) is 0 Å². The zero-order chi connectivity index (χ0) is 20.0. The molecule has 3 heteroatoms. The monoisotopic (exact) mass is 500 g/mol. The van der Waals surface area contributed by atoms with Gasteiger partial charge in [-0.2, -0.15) is 0 Å². The Balaban J connectivity index is 2.97. The van der Waals surface area contributed by atoms with Crippen molar-refractivity contribution in [2.24, 2.45) is 0 Å². The van der Waals surface area contributed by atoms with Crippen molar-refractivity contribution in [1.82, 2.24) is 0 Å². The van der Waals surface area contributed by atoms with Crippen LogP contribution in [0.3, 0.4) is 0 Å². The van der Waals surface area contributed by atoms with Gasteiger partial charge in [-0.3, -0.25) is 0 Å². The van der Waals surface area contributed by atoms with Crippen LogP contribution in [0.5, 0.6) is 0 Å². The van der Waals surface area contributed by atoms with Gasteiger partial charge in [0.1, 0.15) is 0 Å².